The van der Waals surface area contributed by atoms with Gasteiger partial charge < -0.3 is 10.1 Å². The second kappa shape index (κ2) is 8.68. The summed E-state index contributed by atoms with van der Waals surface area (Å²) in [5.74, 6) is -3.09. The molecule has 28 heavy (non-hydrogen) atoms. The molecule has 1 aromatic carbocycles. The van der Waals surface area contributed by atoms with Crippen LogP contribution in [0.15, 0.2) is 42.7 Å². The first-order valence-corrected chi connectivity index (χ1v) is 9.28. The lowest BCUT2D eigenvalue weighted by Gasteiger charge is -2.42. The molecule has 150 valence electrons. The maximum atomic E-state index is 14.1. The van der Waals surface area contributed by atoms with Gasteiger partial charge in [0.25, 0.3) is 5.92 Å². The van der Waals surface area contributed by atoms with Crippen molar-refractivity contribution in [2.24, 2.45) is 5.92 Å². The Balaban J connectivity index is 1.67. The summed E-state index contributed by atoms with van der Waals surface area (Å²) in [6.45, 7) is 1.26. The molecule has 9 heteroatoms. The highest BCUT2D eigenvalue weighted by molar-refractivity contribution is 6.30. The van der Waals surface area contributed by atoms with Gasteiger partial charge >= 0.3 is 6.09 Å². The number of carbonyl (C=O) groups excluding carboxylic acids is 1. The number of carbonyl (C=O) groups is 1. The van der Waals surface area contributed by atoms with Crippen molar-refractivity contribution in [3.8, 4) is 0 Å². The van der Waals surface area contributed by atoms with E-state index >= 15 is 0 Å². The second-order valence-corrected chi connectivity index (χ2v) is 7.32. The summed E-state index contributed by atoms with van der Waals surface area (Å²) < 4.78 is 33.5. The fourth-order valence-electron chi connectivity index (χ4n) is 3.26. The molecule has 1 aliphatic rings. The van der Waals surface area contributed by atoms with Crippen LogP contribution in [0.5, 0.6) is 0 Å². The number of anilines is 1. The maximum Gasteiger partial charge on any atom is 0.410 e. The van der Waals surface area contributed by atoms with Crippen molar-refractivity contribution in [1.29, 1.82) is 0 Å². The number of amides is 1. The van der Waals surface area contributed by atoms with Crippen molar-refractivity contribution in [3.05, 3.63) is 53.3 Å². The topological polar surface area (TPSA) is 67.3 Å². The molecule has 0 saturated carbocycles. The van der Waals surface area contributed by atoms with Crippen molar-refractivity contribution < 1.29 is 18.3 Å². The number of hydrogen-bond acceptors (Lipinski definition) is 5. The zero-order valence-electron chi connectivity index (χ0n) is 15.3. The van der Waals surface area contributed by atoms with Crippen molar-refractivity contribution in [1.82, 2.24) is 14.9 Å². The molecular formula is C19H21ClF2N4O2. The zero-order valence-corrected chi connectivity index (χ0v) is 16.1. The summed E-state index contributed by atoms with van der Waals surface area (Å²) in [5, 5.41) is 3.37. The monoisotopic (exact) mass is 410 g/mol. The Hall–Kier alpha value is -2.48. The van der Waals surface area contributed by atoms with E-state index in [2.05, 4.69) is 15.3 Å². The van der Waals surface area contributed by atoms with Crippen LogP contribution in [0, 0.1) is 5.92 Å². The van der Waals surface area contributed by atoms with Gasteiger partial charge in [-0.1, -0.05) is 48.9 Å². The van der Waals surface area contributed by atoms with Crippen molar-refractivity contribution in [3.63, 3.8) is 0 Å². The van der Waals surface area contributed by atoms with E-state index in [1.54, 1.807) is 19.1 Å². The van der Waals surface area contributed by atoms with Gasteiger partial charge in [0.05, 0.1) is 30.0 Å². The number of rotatable bonds is 5. The van der Waals surface area contributed by atoms with E-state index < -0.39 is 30.5 Å². The Morgan fingerprint density at radius 3 is 2.68 bits per heavy atom. The normalized spacial score (nSPS) is 21.2. The molecule has 1 aromatic heterocycles. The van der Waals surface area contributed by atoms with Gasteiger partial charge in [-0.15, -0.1) is 0 Å². The first kappa shape index (κ1) is 20.3. The Kier molecular flexibility index (Phi) is 6.28. The third-order valence-electron chi connectivity index (χ3n) is 4.61. The number of alkyl halides is 2. The molecule has 2 atom stereocenters. The predicted octanol–water partition coefficient (Wildman–Crippen LogP) is 4.22. The highest BCUT2D eigenvalue weighted by atomic mass is 35.5. The Morgan fingerprint density at radius 2 is 2.00 bits per heavy atom. The van der Waals surface area contributed by atoms with Crippen LogP contribution < -0.4 is 5.32 Å². The lowest BCUT2D eigenvalue weighted by Crippen LogP contribution is -2.57. The number of nitrogens with one attached hydrogen (secondary N) is 1. The van der Waals surface area contributed by atoms with Gasteiger partial charge in [-0.05, 0) is 11.5 Å². The molecule has 1 fully saturated rings. The Bertz CT molecular complexity index is 792. The predicted molar refractivity (Wildman–Crippen MR) is 101 cm³/mol. The molecule has 0 unspecified atom stereocenters. The van der Waals surface area contributed by atoms with E-state index in [4.69, 9.17) is 16.3 Å². The van der Waals surface area contributed by atoms with Gasteiger partial charge in [0, 0.05) is 13.0 Å². The zero-order chi connectivity index (χ0) is 20.1. The molecule has 0 bridgehead atoms. The molecule has 1 N–H and O–H groups in total. The summed E-state index contributed by atoms with van der Waals surface area (Å²) in [7, 11) is 0. The van der Waals surface area contributed by atoms with Crippen molar-refractivity contribution in [2.45, 2.75) is 31.9 Å². The molecule has 2 heterocycles. The van der Waals surface area contributed by atoms with Crippen LogP contribution in [0.1, 0.15) is 18.9 Å². The summed E-state index contributed by atoms with van der Waals surface area (Å²) >= 11 is 5.76. The Morgan fingerprint density at radius 1 is 1.32 bits per heavy atom. The smallest absolute Gasteiger partial charge is 0.410 e. The quantitative estimate of drug-likeness (QED) is 0.799. The van der Waals surface area contributed by atoms with Gasteiger partial charge in [-0.3, -0.25) is 4.90 Å². The number of hydrogen-bond donors (Lipinski definition) is 1. The fraction of sp³-hybridized carbons (Fsp3) is 0.421. The maximum absolute atomic E-state index is 14.1. The molecule has 2 aromatic rings. The number of nitrogens with zero attached hydrogens (tertiary/aromatic N) is 3. The molecule has 1 aliphatic heterocycles. The van der Waals surface area contributed by atoms with Crippen LogP contribution >= 0.6 is 11.6 Å². The molecule has 0 spiro atoms. The molecule has 1 saturated heterocycles. The highest BCUT2D eigenvalue weighted by Gasteiger charge is 2.46. The first-order valence-electron chi connectivity index (χ1n) is 8.90. The van der Waals surface area contributed by atoms with Crippen molar-refractivity contribution >= 4 is 23.6 Å². The average molecular weight is 411 g/mol. The van der Waals surface area contributed by atoms with Crippen molar-refractivity contribution in [2.75, 3.05) is 18.4 Å². The van der Waals surface area contributed by atoms with E-state index in [0.29, 0.717) is 11.0 Å². The number of aromatic nitrogens is 2. The SMILES string of the molecule is C[C@@H]1CC(F)(F)CN(C(=O)OCc2ccccc2)[C@@H]1CNc1ncc(Cl)cn1. The summed E-state index contributed by atoms with van der Waals surface area (Å²) in [6.07, 6.45) is 1.80. The minimum Gasteiger partial charge on any atom is -0.445 e. The number of ether oxygens (including phenoxy) is 1. The molecule has 3 rings (SSSR count). The third kappa shape index (κ3) is 5.28. The lowest BCUT2D eigenvalue weighted by molar-refractivity contribution is -0.0955. The van der Waals surface area contributed by atoms with Crippen LogP contribution in [0.2, 0.25) is 5.02 Å². The van der Waals surface area contributed by atoms with Gasteiger partial charge in [0.1, 0.15) is 6.61 Å². The van der Waals surface area contributed by atoms with Crippen LogP contribution in [-0.2, 0) is 11.3 Å². The summed E-state index contributed by atoms with van der Waals surface area (Å²) in [6, 6.07) is 8.61. The third-order valence-corrected chi connectivity index (χ3v) is 4.80. The van der Waals surface area contributed by atoms with Crippen LogP contribution in [0.25, 0.3) is 0 Å². The van der Waals surface area contributed by atoms with Crippen LogP contribution in [0.4, 0.5) is 19.5 Å². The number of piperidine rings is 1. The molecule has 0 radical (unpaired) electrons. The standard InChI is InChI=1S/C19H21ClF2N4O2/c1-13-7-19(21,22)12-26(18(27)28-11-14-5-3-2-4-6-14)16(13)10-25-17-23-8-15(20)9-24-17/h2-6,8-9,13,16H,7,10-12H2,1H3,(H,23,24,25)/t13-,16-/m1/s1. The summed E-state index contributed by atoms with van der Waals surface area (Å²) in [5.41, 5.74) is 0.789. The largest absolute Gasteiger partial charge is 0.445 e. The number of likely N-dealkylation sites (tertiary alicyclic amines) is 1. The second-order valence-electron chi connectivity index (χ2n) is 6.88. The average Bonchev–Trinajstić information content (AvgIpc) is 2.66. The molecule has 0 aliphatic carbocycles. The molecule has 6 nitrogen and oxygen atoms in total. The van der Waals surface area contributed by atoms with E-state index in [9.17, 15) is 13.6 Å². The fourth-order valence-corrected chi connectivity index (χ4v) is 3.36. The highest BCUT2D eigenvalue weighted by Crippen LogP contribution is 2.34. The van der Waals surface area contributed by atoms with Crippen LogP contribution in [0.3, 0.4) is 0 Å². The van der Waals surface area contributed by atoms with Gasteiger partial charge in [-0.2, -0.15) is 0 Å². The first-order chi connectivity index (χ1) is 13.3. The Labute approximate surface area is 166 Å². The van der Waals surface area contributed by atoms with E-state index in [0.717, 1.165) is 10.5 Å². The molecule has 1 amide bonds. The minimum atomic E-state index is -2.96. The van der Waals surface area contributed by atoms with Gasteiger partial charge in [0.2, 0.25) is 5.95 Å². The van der Waals surface area contributed by atoms with E-state index in [1.165, 1.54) is 12.4 Å². The van der Waals surface area contributed by atoms with E-state index in [-0.39, 0.29) is 19.6 Å². The van der Waals surface area contributed by atoms with Crippen LogP contribution in [-0.4, -0.2) is 46.0 Å². The number of benzene rings is 1. The van der Waals surface area contributed by atoms with Gasteiger partial charge in [0.15, 0.2) is 0 Å². The van der Waals surface area contributed by atoms with Gasteiger partial charge in [-0.25, -0.2) is 23.5 Å². The summed E-state index contributed by atoms with van der Waals surface area (Å²) in [4.78, 5) is 21.7. The molecular weight excluding hydrogens is 390 g/mol. The minimum absolute atomic E-state index is 0.0244. The number of halogens is 3. The lowest BCUT2D eigenvalue weighted by atomic mass is 9.89. The van der Waals surface area contributed by atoms with E-state index in [1.807, 2.05) is 18.2 Å².